The molecule has 1 atom stereocenters. The molecular weight excluding hydrogens is 295 g/mol. The summed E-state index contributed by atoms with van der Waals surface area (Å²) < 4.78 is 35.3. The normalized spacial score (nSPS) is 12.9. The number of nitro benzene ring substituents is 1. The summed E-state index contributed by atoms with van der Waals surface area (Å²) in [4.78, 5) is 20.7. The van der Waals surface area contributed by atoms with Crippen LogP contribution < -0.4 is 5.14 Å². The van der Waals surface area contributed by atoms with E-state index in [2.05, 4.69) is 0 Å². The molecule has 10 heteroatoms. The number of nitrogens with two attached hydrogens (primary N) is 1. The summed E-state index contributed by atoms with van der Waals surface area (Å²) in [6.07, 6.45) is -0.428. The summed E-state index contributed by atoms with van der Waals surface area (Å²) in [5, 5.41) is 24.2. The highest BCUT2D eigenvalue weighted by atomic mass is 32.2. The number of carboxylic acids is 1. The molecule has 0 spiro atoms. The average molecular weight is 306 g/mol. The molecule has 1 aromatic rings. The molecule has 0 fully saturated rings. The first kappa shape index (κ1) is 16.0. The van der Waals surface area contributed by atoms with Gasteiger partial charge in [0.15, 0.2) is 0 Å². The standard InChI is InChI=1S/C10H11FN2O6S/c11-9-5-6(13(16)17)1-2-7(9)8(10(14)15)3-4-20(12,18)19/h1-2,5,8H,3-4H2,(H,14,15)(H2,12,18,19). The quantitative estimate of drug-likeness (QED) is 0.581. The van der Waals surface area contributed by atoms with Crippen LogP contribution in [0.5, 0.6) is 0 Å². The number of hydrogen-bond donors (Lipinski definition) is 2. The van der Waals surface area contributed by atoms with Gasteiger partial charge in [-0.05, 0) is 12.5 Å². The molecule has 0 aromatic heterocycles. The van der Waals surface area contributed by atoms with E-state index in [0.717, 1.165) is 12.1 Å². The van der Waals surface area contributed by atoms with Gasteiger partial charge in [0.25, 0.3) is 5.69 Å². The predicted molar refractivity (Wildman–Crippen MR) is 66.0 cm³/mol. The van der Waals surface area contributed by atoms with Gasteiger partial charge >= 0.3 is 5.97 Å². The molecule has 0 heterocycles. The van der Waals surface area contributed by atoms with Crippen LogP contribution in [0.15, 0.2) is 18.2 Å². The molecule has 0 bridgehead atoms. The van der Waals surface area contributed by atoms with Gasteiger partial charge in [0.1, 0.15) is 5.82 Å². The zero-order valence-corrected chi connectivity index (χ0v) is 10.8. The third-order valence-corrected chi connectivity index (χ3v) is 3.36. The topological polar surface area (TPSA) is 141 Å². The summed E-state index contributed by atoms with van der Waals surface area (Å²) in [6.45, 7) is 0. The van der Waals surface area contributed by atoms with E-state index in [1.165, 1.54) is 0 Å². The summed E-state index contributed by atoms with van der Waals surface area (Å²) in [5.41, 5.74) is -0.853. The average Bonchev–Trinajstić information content (AvgIpc) is 2.28. The van der Waals surface area contributed by atoms with Crippen LogP contribution >= 0.6 is 0 Å². The third-order valence-electron chi connectivity index (χ3n) is 2.56. The molecule has 0 aliphatic heterocycles. The Bertz CT molecular complexity index is 645. The Labute approximate surface area is 113 Å². The minimum Gasteiger partial charge on any atom is -0.481 e. The molecule has 0 aliphatic carbocycles. The number of hydrogen-bond acceptors (Lipinski definition) is 5. The van der Waals surface area contributed by atoms with E-state index in [0.29, 0.717) is 6.07 Å². The third kappa shape index (κ3) is 4.24. The molecule has 1 rings (SSSR count). The fraction of sp³-hybridized carbons (Fsp3) is 0.300. The zero-order valence-electron chi connectivity index (χ0n) is 10.0. The number of non-ortho nitro benzene ring substituents is 1. The van der Waals surface area contributed by atoms with Crippen LogP contribution in [0.2, 0.25) is 0 Å². The largest absolute Gasteiger partial charge is 0.481 e. The number of nitrogens with zero attached hydrogens (tertiary/aromatic N) is 1. The second-order valence-electron chi connectivity index (χ2n) is 4.01. The lowest BCUT2D eigenvalue weighted by Gasteiger charge is -2.12. The van der Waals surface area contributed by atoms with E-state index in [1.807, 2.05) is 0 Å². The van der Waals surface area contributed by atoms with Crippen molar-refractivity contribution in [3.63, 3.8) is 0 Å². The van der Waals surface area contributed by atoms with Gasteiger partial charge in [0, 0.05) is 11.6 Å². The molecule has 110 valence electrons. The summed E-state index contributed by atoms with van der Waals surface area (Å²) >= 11 is 0. The zero-order chi connectivity index (χ0) is 15.5. The number of benzene rings is 1. The van der Waals surface area contributed by atoms with Crippen molar-refractivity contribution >= 4 is 21.7 Å². The maximum atomic E-state index is 13.7. The van der Waals surface area contributed by atoms with Crippen molar-refractivity contribution < 1.29 is 27.6 Å². The molecule has 8 nitrogen and oxygen atoms in total. The first-order valence-corrected chi connectivity index (χ1v) is 7.00. The van der Waals surface area contributed by atoms with Crippen LogP contribution in [0.25, 0.3) is 0 Å². The maximum absolute atomic E-state index is 13.7. The monoisotopic (exact) mass is 306 g/mol. The highest BCUT2D eigenvalue weighted by Crippen LogP contribution is 2.26. The molecule has 0 amide bonds. The molecule has 0 saturated carbocycles. The second-order valence-corrected chi connectivity index (χ2v) is 5.74. The lowest BCUT2D eigenvalue weighted by molar-refractivity contribution is -0.385. The molecular formula is C10H11FN2O6S. The summed E-state index contributed by atoms with van der Waals surface area (Å²) in [6, 6.07) is 2.49. The minimum absolute atomic E-state index is 0.327. The number of aliphatic carboxylic acids is 1. The van der Waals surface area contributed by atoms with Crippen LogP contribution in [-0.4, -0.2) is 30.2 Å². The fourth-order valence-corrected chi connectivity index (χ4v) is 2.17. The van der Waals surface area contributed by atoms with Gasteiger partial charge in [-0.25, -0.2) is 17.9 Å². The van der Waals surface area contributed by atoms with Crippen molar-refractivity contribution in [2.24, 2.45) is 5.14 Å². The SMILES string of the molecule is NS(=O)(=O)CCC(C(=O)O)c1ccc([N+](=O)[O-])cc1F. The van der Waals surface area contributed by atoms with Crippen LogP contribution in [0, 0.1) is 15.9 Å². The molecule has 1 unspecified atom stereocenters. The lowest BCUT2D eigenvalue weighted by atomic mass is 9.96. The van der Waals surface area contributed by atoms with E-state index in [-0.39, 0.29) is 5.56 Å². The van der Waals surface area contributed by atoms with Gasteiger partial charge in [-0.1, -0.05) is 0 Å². The number of carbonyl (C=O) groups is 1. The van der Waals surface area contributed by atoms with E-state index in [4.69, 9.17) is 10.2 Å². The first-order valence-electron chi connectivity index (χ1n) is 5.29. The molecule has 20 heavy (non-hydrogen) atoms. The van der Waals surface area contributed by atoms with Gasteiger partial charge in [-0.2, -0.15) is 0 Å². The van der Waals surface area contributed by atoms with Crippen molar-refractivity contribution in [2.45, 2.75) is 12.3 Å². The van der Waals surface area contributed by atoms with E-state index in [9.17, 15) is 27.7 Å². The van der Waals surface area contributed by atoms with Crippen LogP contribution in [0.1, 0.15) is 17.9 Å². The van der Waals surface area contributed by atoms with Gasteiger partial charge in [-0.15, -0.1) is 0 Å². The first-order chi connectivity index (χ1) is 9.11. The van der Waals surface area contributed by atoms with E-state index < -0.39 is 50.5 Å². The van der Waals surface area contributed by atoms with Crippen molar-refractivity contribution in [1.82, 2.24) is 0 Å². The Morgan fingerprint density at radius 2 is 2.10 bits per heavy atom. The number of carboxylic acid groups (broad SMARTS) is 1. The summed E-state index contributed by atoms with van der Waals surface area (Å²) in [5.74, 6) is -4.61. The number of halogens is 1. The minimum atomic E-state index is -3.89. The van der Waals surface area contributed by atoms with Crippen molar-refractivity contribution in [2.75, 3.05) is 5.75 Å². The van der Waals surface area contributed by atoms with Crippen LogP contribution in [0.3, 0.4) is 0 Å². The Morgan fingerprint density at radius 3 is 2.50 bits per heavy atom. The number of sulfonamides is 1. The molecule has 3 N–H and O–H groups in total. The van der Waals surface area contributed by atoms with Crippen molar-refractivity contribution in [1.29, 1.82) is 0 Å². The predicted octanol–water partition coefficient (Wildman–Crippen LogP) is 0.581. The Hall–Kier alpha value is -2.07. The maximum Gasteiger partial charge on any atom is 0.311 e. The lowest BCUT2D eigenvalue weighted by Crippen LogP contribution is -2.22. The highest BCUT2D eigenvalue weighted by molar-refractivity contribution is 7.89. The Morgan fingerprint density at radius 1 is 1.50 bits per heavy atom. The van der Waals surface area contributed by atoms with Gasteiger partial charge in [0.2, 0.25) is 10.0 Å². The number of nitro groups is 1. The van der Waals surface area contributed by atoms with Crippen molar-refractivity contribution in [3.8, 4) is 0 Å². The van der Waals surface area contributed by atoms with Crippen LogP contribution in [0.4, 0.5) is 10.1 Å². The molecule has 0 saturated heterocycles. The Kier molecular flexibility index (Phi) is 4.73. The molecule has 0 aliphatic rings. The van der Waals surface area contributed by atoms with Crippen LogP contribution in [-0.2, 0) is 14.8 Å². The second kappa shape index (κ2) is 5.92. The molecule has 0 radical (unpaired) electrons. The Balaban J connectivity index is 3.10. The van der Waals surface area contributed by atoms with E-state index in [1.54, 1.807) is 0 Å². The fourth-order valence-electron chi connectivity index (χ4n) is 1.61. The smallest absolute Gasteiger partial charge is 0.311 e. The van der Waals surface area contributed by atoms with Gasteiger partial charge < -0.3 is 5.11 Å². The summed E-state index contributed by atoms with van der Waals surface area (Å²) in [7, 11) is -3.89. The van der Waals surface area contributed by atoms with Gasteiger partial charge in [-0.3, -0.25) is 14.9 Å². The highest BCUT2D eigenvalue weighted by Gasteiger charge is 2.26. The van der Waals surface area contributed by atoms with Gasteiger partial charge in [0.05, 0.1) is 22.7 Å². The number of rotatable bonds is 6. The van der Waals surface area contributed by atoms with E-state index >= 15 is 0 Å². The van der Waals surface area contributed by atoms with Crippen molar-refractivity contribution in [3.05, 3.63) is 39.7 Å². The number of primary sulfonamides is 1. The molecule has 1 aromatic carbocycles.